The van der Waals surface area contributed by atoms with Gasteiger partial charge >= 0.3 is 0 Å². The van der Waals surface area contributed by atoms with Gasteiger partial charge in [0.25, 0.3) is 0 Å². The normalized spacial score (nSPS) is 14.5. The topological polar surface area (TPSA) is 41.6 Å². The highest BCUT2D eigenvalue weighted by atomic mass is 35.5. The second kappa shape index (κ2) is 2.24. The SMILES string of the molecule is N#Cc1nn2c(c1Cl)CCC2. The maximum absolute atomic E-state index is 8.57. The van der Waals surface area contributed by atoms with Gasteiger partial charge in [0, 0.05) is 6.54 Å². The summed E-state index contributed by atoms with van der Waals surface area (Å²) in [5.74, 6) is 0. The fourth-order valence-electron chi connectivity index (χ4n) is 1.37. The van der Waals surface area contributed by atoms with Crippen molar-refractivity contribution in [2.24, 2.45) is 0 Å². The van der Waals surface area contributed by atoms with E-state index in [1.165, 1.54) is 0 Å². The van der Waals surface area contributed by atoms with Crippen LogP contribution in [0.5, 0.6) is 0 Å². The van der Waals surface area contributed by atoms with Gasteiger partial charge in [0.1, 0.15) is 6.07 Å². The number of rotatable bonds is 0. The molecule has 0 amide bonds. The van der Waals surface area contributed by atoms with E-state index in [9.17, 15) is 0 Å². The summed E-state index contributed by atoms with van der Waals surface area (Å²) < 4.78 is 1.82. The van der Waals surface area contributed by atoms with Crippen LogP contribution in [0, 0.1) is 11.3 Å². The predicted molar refractivity (Wildman–Crippen MR) is 40.3 cm³/mol. The minimum Gasteiger partial charge on any atom is -0.267 e. The van der Waals surface area contributed by atoms with Gasteiger partial charge in [-0.3, -0.25) is 4.68 Å². The van der Waals surface area contributed by atoms with E-state index in [2.05, 4.69) is 5.10 Å². The number of aryl methyl sites for hydroxylation is 1. The molecular formula is C7H6ClN3. The smallest absolute Gasteiger partial charge is 0.181 e. The molecule has 2 heterocycles. The molecule has 1 aromatic rings. The lowest BCUT2D eigenvalue weighted by Crippen LogP contribution is -1.93. The number of hydrogen-bond acceptors (Lipinski definition) is 2. The molecule has 0 radical (unpaired) electrons. The molecule has 0 bridgehead atoms. The van der Waals surface area contributed by atoms with Crippen LogP contribution < -0.4 is 0 Å². The Hall–Kier alpha value is -1.01. The second-order valence-corrected chi connectivity index (χ2v) is 2.93. The van der Waals surface area contributed by atoms with Crippen LogP contribution in [0.25, 0.3) is 0 Å². The van der Waals surface area contributed by atoms with Gasteiger partial charge in [0.05, 0.1) is 10.7 Å². The molecule has 56 valence electrons. The summed E-state index contributed by atoms with van der Waals surface area (Å²) in [6.45, 7) is 0.900. The molecule has 0 fully saturated rings. The molecule has 3 nitrogen and oxygen atoms in total. The summed E-state index contributed by atoms with van der Waals surface area (Å²) in [6, 6.07) is 1.96. The van der Waals surface area contributed by atoms with Crippen molar-refractivity contribution in [1.29, 1.82) is 5.26 Å². The van der Waals surface area contributed by atoms with E-state index in [4.69, 9.17) is 16.9 Å². The van der Waals surface area contributed by atoms with Gasteiger partial charge in [-0.2, -0.15) is 10.4 Å². The fourth-order valence-corrected chi connectivity index (χ4v) is 1.64. The molecule has 0 saturated carbocycles. The van der Waals surface area contributed by atoms with Gasteiger partial charge in [-0.05, 0) is 12.8 Å². The van der Waals surface area contributed by atoms with Crippen molar-refractivity contribution in [1.82, 2.24) is 9.78 Å². The van der Waals surface area contributed by atoms with Gasteiger partial charge < -0.3 is 0 Å². The maximum atomic E-state index is 8.57. The Labute approximate surface area is 69.2 Å². The zero-order chi connectivity index (χ0) is 7.84. The van der Waals surface area contributed by atoms with E-state index in [-0.39, 0.29) is 0 Å². The Kier molecular flexibility index (Phi) is 1.36. The summed E-state index contributed by atoms with van der Waals surface area (Å²) in [5.41, 5.74) is 1.38. The molecule has 0 saturated heterocycles. The van der Waals surface area contributed by atoms with E-state index in [1.807, 2.05) is 10.8 Å². The first-order valence-corrected chi connectivity index (χ1v) is 3.86. The summed E-state index contributed by atoms with van der Waals surface area (Å²) in [7, 11) is 0. The van der Waals surface area contributed by atoms with Crippen LogP contribution in [-0.4, -0.2) is 9.78 Å². The first kappa shape index (κ1) is 6.68. The van der Waals surface area contributed by atoms with E-state index in [0.717, 1.165) is 25.1 Å². The van der Waals surface area contributed by atoms with Crippen LogP contribution in [-0.2, 0) is 13.0 Å². The highest BCUT2D eigenvalue weighted by molar-refractivity contribution is 6.32. The summed E-state index contributed by atoms with van der Waals surface area (Å²) in [4.78, 5) is 0. The van der Waals surface area contributed by atoms with Crippen LogP contribution in [0.4, 0.5) is 0 Å². The van der Waals surface area contributed by atoms with Crippen LogP contribution in [0.3, 0.4) is 0 Å². The van der Waals surface area contributed by atoms with Crippen LogP contribution in [0.15, 0.2) is 0 Å². The van der Waals surface area contributed by atoms with Gasteiger partial charge in [0.15, 0.2) is 5.69 Å². The zero-order valence-corrected chi connectivity index (χ0v) is 6.60. The van der Waals surface area contributed by atoms with E-state index < -0.39 is 0 Å². The summed E-state index contributed by atoms with van der Waals surface area (Å²) >= 11 is 5.86. The lowest BCUT2D eigenvalue weighted by Gasteiger charge is -1.88. The lowest BCUT2D eigenvalue weighted by atomic mass is 10.3. The molecule has 0 atom stereocenters. The van der Waals surface area contributed by atoms with Crippen molar-refractivity contribution < 1.29 is 0 Å². The minimum absolute atomic E-state index is 0.362. The number of nitrogens with zero attached hydrogens (tertiary/aromatic N) is 3. The standard InChI is InChI=1S/C7H6ClN3/c8-7-5(4-9)10-11-3-1-2-6(7)11/h1-3H2. The highest BCUT2D eigenvalue weighted by Crippen LogP contribution is 2.25. The molecule has 0 unspecified atom stereocenters. The van der Waals surface area contributed by atoms with Crippen molar-refractivity contribution in [3.8, 4) is 6.07 Å². The third-order valence-electron chi connectivity index (χ3n) is 1.88. The molecule has 1 aliphatic rings. The van der Waals surface area contributed by atoms with Crippen molar-refractivity contribution >= 4 is 11.6 Å². The molecule has 0 aromatic carbocycles. The average Bonchev–Trinajstić information content (AvgIpc) is 2.53. The van der Waals surface area contributed by atoms with Crippen molar-refractivity contribution in [3.05, 3.63) is 16.4 Å². The Morgan fingerprint density at radius 3 is 3.09 bits per heavy atom. The first-order valence-electron chi connectivity index (χ1n) is 3.48. The molecule has 0 N–H and O–H groups in total. The van der Waals surface area contributed by atoms with Crippen molar-refractivity contribution in [2.75, 3.05) is 0 Å². The fraction of sp³-hybridized carbons (Fsp3) is 0.429. The zero-order valence-electron chi connectivity index (χ0n) is 5.84. The summed E-state index contributed by atoms with van der Waals surface area (Å²) in [6.07, 6.45) is 2.04. The lowest BCUT2D eigenvalue weighted by molar-refractivity contribution is 0.654. The van der Waals surface area contributed by atoms with Crippen LogP contribution in [0.2, 0.25) is 5.02 Å². The molecule has 2 rings (SSSR count). The molecule has 1 aliphatic heterocycles. The number of aromatic nitrogens is 2. The van der Waals surface area contributed by atoms with E-state index >= 15 is 0 Å². The molecule has 1 aromatic heterocycles. The van der Waals surface area contributed by atoms with Crippen LogP contribution >= 0.6 is 11.6 Å². The number of fused-ring (bicyclic) bond motifs is 1. The Bertz CT molecular complexity index is 334. The van der Waals surface area contributed by atoms with E-state index in [1.54, 1.807) is 0 Å². The number of halogens is 1. The third kappa shape index (κ3) is 0.831. The molecule has 0 spiro atoms. The molecular weight excluding hydrogens is 162 g/mol. The first-order chi connectivity index (χ1) is 5.33. The monoisotopic (exact) mass is 167 g/mol. The number of nitriles is 1. The highest BCUT2D eigenvalue weighted by Gasteiger charge is 2.19. The van der Waals surface area contributed by atoms with Gasteiger partial charge in [-0.1, -0.05) is 11.6 Å². The van der Waals surface area contributed by atoms with Crippen molar-refractivity contribution in [3.63, 3.8) is 0 Å². The van der Waals surface area contributed by atoms with Gasteiger partial charge in [0.2, 0.25) is 0 Å². The predicted octanol–water partition coefficient (Wildman–Crippen LogP) is 1.35. The largest absolute Gasteiger partial charge is 0.267 e. The van der Waals surface area contributed by atoms with Crippen molar-refractivity contribution in [2.45, 2.75) is 19.4 Å². The third-order valence-corrected chi connectivity index (χ3v) is 2.28. The molecule has 4 heteroatoms. The van der Waals surface area contributed by atoms with Crippen LogP contribution in [0.1, 0.15) is 17.8 Å². The Balaban J connectivity index is 2.60. The van der Waals surface area contributed by atoms with E-state index in [0.29, 0.717) is 10.7 Å². The molecule has 0 aliphatic carbocycles. The second-order valence-electron chi connectivity index (χ2n) is 2.55. The number of hydrogen-bond donors (Lipinski definition) is 0. The van der Waals surface area contributed by atoms with Gasteiger partial charge in [-0.25, -0.2) is 0 Å². The minimum atomic E-state index is 0.362. The Morgan fingerprint density at radius 1 is 1.64 bits per heavy atom. The average molecular weight is 168 g/mol. The maximum Gasteiger partial charge on any atom is 0.181 e. The van der Waals surface area contributed by atoms with Gasteiger partial charge in [-0.15, -0.1) is 0 Å². The quantitative estimate of drug-likeness (QED) is 0.586. The molecule has 11 heavy (non-hydrogen) atoms. The Morgan fingerprint density at radius 2 is 2.45 bits per heavy atom. The summed E-state index contributed by atoms with van der Waals surface area (Å²) in [5, 5.41) is 13.1.